The van der Waals surface area contributed by atoms with Crippen LogP contribution in [0.1, 0.15) is 17.3 Å². The molecule has 0 atom stereocenters. The Hall–Kier alpha value is -3.78. The number of anilines is 2. The second-order valence-electron chi connectivity index (χ2n) is 7.85. The maximum atomic E-state index is 12.6. The Kier molecular flexibility index (Phi) is 6.22. The topological polar surface area (TPSA) is 84.3 Å². The van der Waals surface area contributed by atoms with E-state index in [1.807, 2.05) is 42.6 Å². The molecule has 0 amide bonds. The van der Waals surface area contributed by atoms with Gasteiger partial charge in [-0.25, -0.2) is 19.7 Å². The zero-order chi connectivity index (χ0) is 23.5. The zero-order valence-electron chi connectivity index (χ0n) is 18.7. The van der Waals surface area contributed by atoms with E-state index in [-0.39, 0.29) is 6.61 Å². The van der Waals surface area contributed by atoms with Crippen molar-refractivity contribution in [1.29, 1.82) is 0 Å². The quantitative estimate of drug-likeness (QED) is 0.397. The predicted molar refractivity (Wildman–Crippen MR) is 132 cm³/mol. The zero-order valence-corrected chi connectivity index (χ0v) is 19.4. The SMILES string of the molecule is CCOC(=O)c1cnc(-c2ccc(Cl)cc2)nc1N1CCN(c2cnc3ccccc3n2)CC1. The van der Waals surface area contributed by atoms with Crippen molar-refractivity contribution < 1.29 is 9.53 Å². The highest BCUT2D eigenvalue weighted by atomic mass is 35.5. The van der Waals surface area contributed by atoms with Gasteiger partial charge in [-0.3, -0.25) is 4.98 Å². The number of rotatable bonds is 5. The molecule has 4 aromatic rings. The van der Waals surface area contributed by atoms with E-state index in [9.17, 15) is 4.79 Å². The minimum atomic E-state index is -0.428. The highest BCUT2D eigenvalue weighted by molar-refractivity contribution is 6.30. The summed E-state index contributed by atoms with van der Waals surface area (Å²) >= 11 is 6.03. The number of nitrogens with zero attached hydrogens (tertiary/aromatic N) is 6. The maximum absolute atomic E-state index is 12.6. The van der Waals surface area contributed by atoms with Crippen molar-refractivity contribution in [3.05, 3.63) is 71.5 Å². The largest absolute Gasteiger partial charge is 0.462 e. The molecule has 0 unspecified atom stereocenters. The Morgan fingerprint density at radius 2 is 1.62 bits per heavy atom. The third-order valence-corrected chi connectivity index (χ3v) is 5.96. The number of hydrogen-bond acceptors (Lipinski definition) is 8. The van der Waals surface area contributed by atoms with Crippen LogP contribution in [0.2, 0.25) is 5.02 Å². The van der Waals surface area contributed by atoms with Gasteiger partial charge in [0.05, 0.1) is 23.8 Å². The van der Waals surface area contributed by atoms with E-state index in [1.54, 1.807) is 25.3 Å². The number of carbonyl (C=O) groups is 1. The van der Waals surface area contributed by atoms with Crippen LogP contribution < -0.4 is 9.80 Å². The number of ether oxygens (including phenoxy) is 1. The molecule has 8 nitrogen and oxygen atoms in total. The van der Waals surface area contributed by atoms with Crippen LogP contribution in [0, 0.1) is 0 Å². The van der Waals surface area contributed by atoms with E-state index in [0.717, 1.165) is 35.5 Å². The molecule has 0 aliphatic carbocycles. The monoisotopic (exact) mass is 474 g/mol. The van der Waals surface area contributed by atoms with Crippen molar-refractivity contribution in [2.45, 2.75) is 6.92 Å². The second kappa shape index (κ2) is 9.61. The molecule has 1 saturated heterocycles. The van der Waals surface area contributed by atoms with Gasteiger partial charge in [-0.2, -0.15) is 0 Å². The van der Waals surface area contributed by atoms with E-state index in [1.165, 1.54) is 0 Å². The van der Waals surface area contributed by atoms with E-state index in [0.29, 0.717) is 35.3 Å². The fraction of sp³-hybridized carbons (Fsp3) is 0.240. The minimum absolute atomic E-state index is 0.283. The first-order valence-corrected chi connectivity index (χ1v) is 11.5. The van der Waals surface area contributed by atoms with Gasteiger partial charge in [0.15, 0.2) is 5.82 Å². The molecular weight excluding hydrogens is 452 g/mol. The van der Waals surface area contributed by atoms with E-state index >= 15 is 0 Å². The predicted octanol–water partition coefficient (Wildman–Crippen LogP) is 4.24. The molecule has 0 N–H and O–H groups in total. The van der Waals surface area contributed by atoms with Crippen molar-refractivity contribution in [2.75, 3.05) is 42.6 Å². The standard InChI is InChI=1S/C25H23ClN6O2/c1-2-34-25(33)19-15-28-23(17-7-9-18(26)10-8-17)30-24(19)32-13-11-31(12-14-32)22-16-27-20-5-3-4-6-21(20)29-22/h3-10,15-16H,2,11-14H2,1H3. The Balaban J connectivity index is 1.41. The van der Waals surface area contributed by atoms with Crippen molar-refractivity contribution >= 4 is 40.2 Å². The minimum Gasteiger partial charge on any atom is -0.462 e. The average molecular weight is 475 g/mol. The van der Waals surface area contributed by atoms with Crippen molar-refractivity contribution in [1.82, 2.24) is 19.9 Å². The molecule has 0 bridgehead atoms. The van der Waals surface area contributed by atoms with Gasteiger partial charge in [-0.05, 0) is 43.3 Å². The van der Waals surface area contributed by atoms with Crippen molar-refractivity contribution in [2.24, 2.45) is 0 Å². The number of piperazine rings is 1. The van der Waals surface area contributed by atoms with E-state index in [2.05, 4.69) is 19.8 Å². The highest BCUT2D eigenvalue weighted by Crippen LogP contribution is 2.26. The molecule has 1 aliphatic heterocycles. The lowest BCUT2D eigenvalue weighted by Crippen LogP contribution is -2.47. The molecule has 2 aromatic heterocycles. The molecule has 9 heteroatoms. The summed E-state index contributed by atoms with van der Waals surface area (Å²) in [6.45, 7) is 4.83. The van der Waals surface area contributed by atoms with E-state index < -0.39 is 5.97 Å². The highest BCUT2D eigenvalue weighted by Gasteiger charge is 2.25. The average Bonchev–Trinajstić information content (AvgIpc) is 2.89. The fourth-order valence-corrected chi connectivity index (χ4v) is 4.08. The van der Waals surface area contributed by atoms with Crippen LogP contribution in [-0.4, -0.2) is 58.7 Å². The first-order valence-electron chi connectivity index (χ1n) is 11.1. The first kappa shape index (κ1) is 22.0. The summed E-state index contributed by atoms with van der Waals surface area (Å²) in [5, 5.41) is 0.639. The molecule has 172 valence electrons. The number of benzene rings is 2. The molecule has 1 aliphatic rings. The molecule has 3 heterocycles. The Morgan fingerprint density at radius 3 is 2.35 bits per heavy atom. The van der Waals surface area contributed by atoms with Gasteiger partial charge in [0.2, 0.25) is 0 Å². The lowest BCUT2D eigenvalue weighted by atomic mass is 10.2. The molecular formula is C25H23ClN6O2. The number of fused-ring (bicyclic) bond motifs is 1. The Labute approximate surface area is 202 Å². The summed E-state index contributed by atoms with van der Waals surface area (Å²) in [7, 11) is 0. The summed E-state index contributed by atoms with van der Waals surface area (Å²) in [6, 6.07) is 15.1. The molecule has 0 radical (unpaired) electrons. The van der Waals surface area contributed by atoms with Gasteiger partial charge in [-0.15, -0.1) is 0 Å². The van der Waals surface area contributed by atoms with Crippen LogP contribution in [0.4, 0.5) is 11.6 Å². The summed E-state index contributed by atoms with van der Waals surface area (Å²) in [6.07, 6.45) is 3.36. The van der Waals surface area contributed by atoms with Crippen LogP contribution in [-0.2, 0) is 4.74 Å². The van der Waals surface area contributed by atoms with Gasteiger partial charge in [0.25, 0.3) is 0 Å². The normalized spacial score (nSPS) is 13.8. The van der Waals surface area contributed by atoms with Gasteiger partial charge in [-0.1, -0.05) is 23.7 Å². The lowest BCUT2D eigenvalue weighted by Gasteiger charge is -2.36. The third-order valence-electron chi connectivity index (χ3n) is 5.71. The third kappa shape index (κ3) is 4.49. The first-order chi connectivity index (χ1) is 16.6. The van der Waals surface area contributed by atoms with Crippen LogP contribution in [0.3, 0.4) is 0 Å². The smallest absolute Gasteiger partial charge is 0.343 e. The molecule has 5 rings (SSSR count). The number of aromatic nitrogens is 4. The summed E-state index contributed by atoms with van der Waals surface area (Å²) in [4.78, 5) is 35.4. The number of para-hydroxylation sites is 2. The maximum Gasteiger partial charge on any atom is 0.343 e. The number of esters is 1. The number of carbonyl (C=O) groups excluding carboxylic acids is 1. The molecule has 0 spiro atoms. The fourth-order valence-electron chi connectivity index (χ4n) is 3.95. The number of hydrogen-bond donors (Lipinski definition) is 0. The Morgan fingerprint density at radius 1 is 0.912 bits per heavy atom. The van der Waals surface area contributed by atoms with Crippen LogP contribution in [0.15, 0.2) is 60.9 Å². The lowest BCUT2D eigenvalue weighted by molar-refractivity contribution is 0.0526. The molecule has 2 aromatic carbocycles. The van der Waals surface area contributed by atoms with E-state index in [4.69, 9.17) is 26.3 Å². The van der Waals surface area contributed by atoms with Gasteiger partial charge < -0.3 is 14.5 Å². The summed E-state index contributed by atoms with van der Waals surface area (Å²) in [5.41, 5.74) is 2.93. The second-order valence-corrected chi connectivity index (χ2v) is 8.29. The molecule has 34 heavy (non-hydrogen) atoms. The van der Waals surface area contributed by atoms with Gasteiger partial charge in [0.1, 0.15) is 17.2 Å². The van der Waals surface area contributed by atoms with Crippen molar-refractivity contribution in [3.8, 4) is 11.4 Å². The number of halogens is 1. The van der Waals surface area contributed by atoms with Crippen molar-refractivity contribution in [3.63, 3.8) is 0 Å². The molecule has 0 saturated carbocycles. The summed E-state index contributed by atoms with van der Waals surface area (Å²) < 4.78 is 5.26. The van der Waals surface area contributed by atoms with Gasteiger partial charge >= 0.3 is 5.97 Å². The van der Waals surface area contributed by atoms with Crippen LogP contribution in [0.5, 0.6) is 0 Å². The summed E-state index contributed by atoms with van der Waals surface area (Å²) in [5.74, 6) is 1.52. The van der Waals surface area contributed by atoms with Gasteiger partial charge in [0, 0.05) is 43.0 Å². The Bertz CT molecular complexity index is 1320. The molecule has 1 fully saturated rings. The van der Waals surface area contributed by atoms with Crippen LogP contribution in [0.25, 0.3) is 22.4 Å². The van der Waals surface area contributed by atoms with Crippen LogP contribution >= 0.6 is 11.6 Å².